The summed E-state index contributed by atoms with van der Waals surface area (Å²) in [6.45, 7) is 8.17. The number of esters is 1. The van der Waals surface area contributed by atoms with Gasteiger partial charge in [-0.3, -0.25) is 0 Å². The highest BCUT2D eigenvalue weighted by atomic mass is 16.6. The standard InChI is InChI=1S/C15H20O3/c1-9-5-4-8-15(3)13(18-15)12-11(7-6-9)10(2)14(16)17-12/h5,11-13H,2,4,6-8H2,1,3H3/b9-5-/t11?,12-,13+,15+/m0/s1. The minimum atomic E-state index is -0.233. The smallest absolute Gasteiger partial charge is 0.334 e. The van der Waals surface area contributed by atoms with Crippen LogP contribution in [0, 0.1) is 5.92 Å². The molecule has 0 N–H and O–H groups in total. The van der Waals surface area contributed by atoms with Crippen LogP contribution in [0.1, 0.15) is 39.5 Å². The molecular formula is C15H20O3. The number of hydrogen-bond donors (Lipinski definition) is 0. The molecule has 0 spiro atoms. The summed E-state index contributed by atoms with van der Waals surface area (Å²) in [6, 6.07) is 0. The van der Waals surface area contributed by atoms with Crippen molar-refractivity contribution in [3.63, 3.8) is 0 Å². The van der Waals surface area contributed by atoms with Crippen molar-refractivity contribution >= 4 is 5.97 Å². The summed E-state index contributed by atoms with van der Waals surface area (Å²) in [7, 11) is 0. The third-order valence-electron chi connectivity index (χ3n) is 4.57. The quantitative estimate of drug-likeness (QED) is 0.286. The molecule has 0 bridgehead atoms. The molecule has 1 unspecified atom stereocenters. The molecule has 3 heteroatoms. The molecule has 2 aliphatic heterocycles. The van der Waals surface area contributed by atoms with Gasteiger partial charge in [-0.15, -0.1) is 0 Å². The Kier molecular flexibility index (Phi) is 2.63. The van der Waals surface area contributed by atoms with Crippen LogP contribution >= 0.6 is 0 Å². The second-order valence-corrected chi connectivity index (χ2v) is 5.98. The summed E-state index contributed by atoms with van der Waals surface area (Å²) in [4.78, 5) is 11.7. The summed E-state index contributed by atoms with van der Waals surface area (Å²) in [5.41, 5.74) is 1.91. The van der Waals surface area contributed by atoms with Crippen LogP contribution in [0.25, 0.3) is 0 Å². The van der Waals surface area contributed by atoms with Crippen molar-refractivity contribution in [3.8, 4) is 0 Å². The highest BCUT2D eigenvalue weighted by Gasteiger charge is 2.61. The second kappa shape index (κ2) is 3.95. The van der Waals surface area contributed by atoms with Crippen LogP contribution in [-0.2, 0) is 14.3 Å². The minimum absolute atomic E-state index is 0.0671. The van der Waals surface area contributed by atoms with Gasteiger partial charge in [0.25, 0.3) is 0 Å². The third-order valence-corrected chi connectivity index (χ3v) is 4.57. The molecule has 0 aromatic heterocycles. The van der Waals surface area contributed by atoms with Crippen molar-refractivity contribution in [2.45, 2.75) is 57.3 Å². The van der Waals surface area contributed by atoms with Gasteiger partial charge in [-0.2, -0.15) is 0 Å². The summed E-state index contributed by atoms with van der Waals surface area (Å²) in [5.74, 6) is -0.102. The van der Waals surface area contributed by atoms with Gasteiger partial charge in [0, 0.05) is 11.5 Å². The normalized spacial score (nSPS) is 46.6. The zero-order chi connectivity index (χ0) is 12.9. The van der Waals surface area contributed by atoms with Gasteiger partial charge in [-0.1, -0.05) is 18.2 Å². The molecule has 98 valence electrons. The number of hydrogen-bond acceptors (Lipinski definition) is 3. The summed E-state index contributed by atoms with van der Waals surface area (Å²) in [5, 5.41) is 0. The molecule has 18 heavy (non-hydrogen) atoms. The highest BCUT2D eigenvalue weighted by Crippen LogP contribution is 2.49. The van der Waals surface area contributed by atoms with Crippen LogP contribution < -0.4 is 0 Å². The lowest BCUT2D eigenvalue weighted by Gasteiger charge is -2.19. The Morgan fingerprint density at radius 2 is 2.28 bits per heavy atom. The number of rotatable bonds is 0. The van der Waals surface area contributed by atoms with Gasteiger partial charge in [-0.25, -0.2) is 4.79 Å². The molecule has 0 radical (unpaired) electrons. The van der Waals surface area contributed by atoms with E-state index in [1.807, 2.05) is 0 Å². The number of ether oxygens (including phenoxy) is 2. The van der Waals surface area contributed by atoms with E-state index in [0.29, 0.717) is 5.57 Å². The average Bonchev–Trinajstić information content (AvgIpc) is 2.90. The molecule has 0 amide bonds. The van der Waals surface area contributed by atoms with Crippen LogP contribution in [-0.4, -0.2) is 23.8 Å². The maximum atomic E-state index is 11.7. The second-order valence-electron chi connectivity index (χ2n) is 5.98. The molecule has 3 aliphatic rings. The average molecular weight is 248 g/mol. The molecule has 0 saturated carbocycles. The van der Waals surface area contributed by atoms with Gasteiger partial charge in [0.2, 0.25) is 0 Å². The van der Waals surface area contributed by atoms with Crippen molar-refractivity contribution in [2.75, 3.05) is 0 Å². The molecular weight excluding hydrogens is 228 g/mol. The van der Waals surface area contributed by atoms with Crippen molar-refractivity contribution in [3.05, 3.63) is 23.8 Å². The van der Waals surface area contributed by atoms with Gasteiger partial charge < -0.3 is 9.47 Å². The van der Waals surface area contributed by atoms with Gasteiger partial charge in [0.05, 0.1) is 5.60 Å². The Labute approximate surface area is 108 Å². The number of epoxide rings is 1. The number of carbonyl (C=O) groups is 1. The Morgan fingerprint density at radius 3 is 3.06 bits per heavy atom. The molecule has 2 saturated heterocycles. The van der Waals surface area contributed by atoms with E-state index < -0.39 is 0 Å². The van der Waals surface area contributed by atoms with E-state index >= 15 is 0 Å². The van der Waals surface area contributed by atoms with Crippen molar-refractivity contribution in [1.29, 1.82) is 0 Å². The maximum absolute atomic E-state index is 11.7. The zero-order valence-electron chi connectivity index (χ0n) is 11.1. The predicted molar refractivity (Wildman–Crippen MR) is 68.0 cm³/mol. The predicted octanol–water partition coefficient (Wildman–Crippen LogP) is 2.76. The maximum Gasteiger partial charge on any atom is 0.334 e. The van der Waals surface area contributed by atoms with Gasteiger partial charge in [-0.05, 0) is 39.5 Å². The van der Waals surface area contributed by atoms with Crippen LogP contribution in [0.15, 0.2) is 23.8 Å². The van der Waals surface area contributed by atoms with E-state index in [9.17, 15) is 4.79 Å². The van der Waals surface area contributed by atoms with E-state index in [1.54, 1.807) is 0 Å². The Balaban J connectivity index is 1.87. The Morgan fingerprint density at radius 1 is 1.50 bits per heavy atom. The van der Waals surface area contributed by atoms with Gasteiger partial charge in [0.15, 0.2) is 0 Å². The van der Waals surface area contributed by atoms with Crippen molar-refractivity contribution < 1.29 is 14.3 Å². The van der Waals surface area contributed by atoms with Crippen molar-refractivity contribution in [2.24, 2.45) is 5.92 Å². The lowest BCUT2D eigenvalue weighted by molar-refractivity contribution is -0.140. The monoisotopic (exact) mass is 248 g/mol. The summed E-state index contributed by atoms with van der Waals surface area (Å²) < 4.78 is 11.3. The fourth-order valence-electron chi connectivity index (χ4n) is 3.20. The first-order chi connectivity index (χ1) is 8.51. The SMILES string of the molecule is C=C1C(=O)O[C@H]2C1CC/C(C)=C\CC[C@@]1(C)O[C@H]21. The van der Waals surface area contributed by atoms with E-state index in [1.165, 1.54) is 5.57 Å². The molecule has 0 aromatic carbocycles. The number of fused-ring (bicyclic) bond motifs is 3. The Hall–Kier alpha value is -1.09. The summed E-state index contributed by atoms with van der Waals surface area (Å²) >= 11 is 0. The van der Waals surface area contributed by atoms with E-state index in [0.717, 1.165) is 25.7 Å². The molecule has 0 aromatic rings. The number of carbonyl (C=O) groups excluding carboxylic acids is 1. The number of allylic oxidation sites excluding steroid dienone is 2. The van der Waals surface area contributed by atoms with Gasteiger partial charge >= 0.3 is 5.97 Å². The fraction of sp³-hybridized carbons (Fsp3) is 0.667. The molecule has 3 rings (SSSR count). The zero-order valence-corrected chi connectivity index (χ0v) is 11.1. The first-order valence-electron chi connectivity index (χ1n) is 6.74. The van der Waals surface area contributed by atoms with E-state index in [-0.39, 0.29) is 29.7 Å². The highest BCUT2D eigenvalue weighted by molar-refractivity contribution is 5.91. The van der Waals surface area contributed by atoms with Crippen molar-refractivity contribution in [1.82, 2.24) is 0 Å². The minimum Gasteiger partial charge on any atom is -0.455 e. The first kappa shape index (κ1) is 12.0. The summed E-state index contributed by atoms with van der Waals surface area (Å²) in [6.07, 6.45) is 6.25. The van der Waals surface area contributed by atoms with Crippen LogP contribution in [0.5, 0.6) is 0 Å². The first-order valence-corrected chi connectivity index (χ1v) is 6.74. The molecule has 2 heterocycles. The molecule has 2 fully saturated rings. The molecule has 1 aliphatic carbocycles. The van der Waals surface area contributed by atoms with E-state index in [4.69, 9.17) is 9.47 Å². The van der Waals surface area contributed by atoms with Crippen LogP contribution in [0.4, 0.5) is 0 Å². The Bertz CT molecular complexity index is 437. The van der Waals surface area contributed by atoms with Crippen LogP contribution in [0.2, 0.25) is 0 Å². The van der Waals surface area contributed by atoms with Crippen LogP contribution in [0.3, 0.4) is 0 Å². The lowest BCUT2D eigenvalue weighted by Crippen LogP contribution is -2.28. The van der Waals surface area contributed by atoms with E-state index in [2.05, 4.69) is 26.5 Å². The molecule has 4 atom stereocenters. The van der Waals surface area contributed by atoms with Gasteiger partial charge in [0.1, 0.15) is 12.2 Å². The molecule has 3 nitrogen and oxygen atoms in total. The fourth-order valence-corrected chi connectivity index (χ4v) is 3.20. The third kappa shape index (κ3) is 1.81. The largest absolute Gasteiger partial charge is 0.455 e. The topological polar surface area (TPSA) is 38.8 Å². The lowest BCUT2D eigenvalue weighted by atomic mass is 9.84.